The third kappa shape index (κ3) is 4.42. The van der Waals surface area contributed by atoms with Crippen LogP contribution in [0.5, 0.6) is 0 Å². The Morgan fingerprint density at radius 1 is 1.17 bits per heavy atom. The molecule has 1 atom stereocenters. The van der Waals surface area contributed by atoms with Crippen molar-refractivity contribution in [3.8, 4) is 11.4 Å². The van der Waals surface area contributed by atoms with Crippen LogP contribution in [0.15, 0.2) is 56.8 Å². The van der Waals surface area contributed by atoms with Crippen molar-refractivity contribution in [1.29, 1.82) is 0 Å². The quantitative estimate of drug-likeness (QED) is 0.375. The molecule has 29 heavy (non-hydrogen) atoms. The van der Waals surface area contributed by atoms with Gasteiger partial charge in [-0.05, 0) is 38.5 Å². The molecule has 0 fully saturated rings. The van der Waals surface area contributed by atoms with E-state index in [0.717, 1.165) is 41.0 Å². The van der Waals surface area contributed by atoms with Crippen molar-refractivity contribution in [2.24, 2.45) is 0 Å². The number of hydrogen-bond acceptors (Lipinski definition) is 7. The first-order chi connectivity index (χ1) is 14.1. The number of thioether (sulfide) groups is 1. The van der Waals surface area contributed by atoms with Gasteiger partial charge in [-0.2, -0.15) is 4.98 Å². The molecule has 4 rings (SSSR count). The summed E-state index contributed by atoms with van der Waals surface area (Å²) in [7, 11) is 0. The lowest BCUT2D eigenvalue weighted by atomic mass is 10.1. The van der Waals surface area contributed by atoms with Gasteiger partial charge in [-0.1, -0.05) is 47.6 Å². The van der Waals surface area contributed by atoms with E-state index < -0.39 is 0 Å². The lowest BCUT2D eigenvalue weighted by molar-refractivity contribution is 0.374. The van der Waals surface area contributed by atoms with Gasteiger partial charge in [0.25, 0.3) is 0 Å². The normalized spacial score (nSPS) is 12.4. The fourth-order valence-electron chi connectivity index (χ4n) is 3.04. The Kier molecular flexibility index (Phi) is 5.80. The van der Waals surface area contributed by atoms with Gasteiger partial charge in [0.05, 0.1) is 18.1 Å². The fraction of sp³-hybridized carbons (Fsp3) is 0.333. The van der Waals surface area contributed by atoms with Crippen LogP contribution in [0.25, 0.3) is 11.4 Å². The Labute approximate surface area is 173 Å². The van der Waals surface area contributed by atoms with Crippen molar-refractivity contribution in [1.82, 2.24) is 24.9 Å². The van der Waals surface area contributed by atoms with Crippen LogP contribution in [-0.2, 0) is 13.0 Å². The van der Waals surface area contributed by atoms with Crippen LogP contribution in [0.1, 0.15) is 48.6 Å². The van der Waals surface area contributed by atoms with E-state index in [2.05, 4.69) is 50.9 Å². The van der Waals surface area contributed by atoms with Gasteiger partial charge in [0.15, 0.2) is 16.8 Å². The first kappa shape index (κ1) is 19.4. The van der Waals surface area contributed by atoms with Gasteiger partial charge >= 0.3 is 0 Å². The van der Waals surface area contributed by atoms with Crippen LogP contribution >= 0.6 is 11.8 Å². The Bertz CT molecular complexity index is 1070. The van der Waals surface area contributed by atoms with Gasteiger partial charge in [-0.15, -0.1) is 10.2 Å². The van der Waals surface area contributed by atoms with Gasteiger partial charge in [-0.3, -0.25) is 4.57 Å². The van der Waals surface area contributed by atoms with Gasteiger partial charge in [0.1, 0.15) is 5.76 Å². The smallest absolute Gasteiger partial charge is 0.239 e. The summed E-state index contributed by atoms with van der Waals surface area (Å²) in [5.41, 5.74) is 2.19. The number of aryl methyl sites for hydroxylation is 2. The minimum absolute atomic E-state index is 0.0435. The summed E-state index contributed by atoms with van der Waals surface area (Å²) >= 11 is 1.55. The van der Waals surface area contributed by atoms with Crippen LogP contribution in [-0.4, -0.2) is 24.9 Å². The van der Waals surface area contributed by atoms with E-state index >= 15 is 0 Å². The minimum atomic E-state index is -0.0435. The van der Waals surface area contributed by atoms with Crippen LogP contribution in [0.4, 0.5) is 0 Å². The van der Waals surface area contributed by atoms with E-state index in [4.69, 9.17) is 8.94 Å². The summed E-state index contributed by atoms with van der Waals surface area (Å²) < 4.78 is 13.1. The summed E-state index contributed by atoms with van der Waals surface area (Å²) in [6.45, 7) is 6.74. The maximum atomic E-state index is 5.57. The van der Waals surface area contributed by atoms with Crippen LogP contribution in [0, 0.1) is 6.92 Å². The molecular formula is C21H23N5O2S. The number of nitrogens with zero attached hydrogens (tertiary/aromatic N) is 5. The molecular weight excluding hydrogens is 386 g/mol. The van der Waals surface area contributed by atoms with Crippen molar-refractivity contribution in [2.45, 2.75) is 50.6 Å². The molecule has 0 amide bonds. The molecule has 0 bridgehead atoms. The molecule has 8 heteroatoms. The average molecular weight is 410 g/mol. The number of benzene rings is 1. The SMILES string of the molecule is CCCc1noc([C@H](C)Sc2nnc(-c3cccc(C)c3)n2Cc2ccco2)n1. The van der Waals surface area contributed by atoms with E-state index in [1.165, 1.54) is 5.56 Å². The largest absolute Gasteiger partial charge is 0.467 e. The maximum absolute atomic E-state index is 5.57. The zero-order valence-corrected chi connectivity index (χ0v) is 17.5. The molecule has 1 aromatic carbocycles. The standard InChI is InChI=1S/C21H23N5O2S/c1-4-7-18-22-20(28-25-18)15(3)29-21-24-23-19(16-9-5-8-14(2)12-16)26(21)13-17-10-6-11-27-17/h5-6,8-12,15H,4,7,13H2,1-3H3/t15-/m0/s1. The highest BCUT2D eigenvalue weighted by Gasteiger charge is 2.22. The number of aromatic nitrogens is 5. The van der Waals surface area contributed by atoms with E-state index in [9.17, 15) is 0 Å². The molecule has 7 nitrogen and oxygen atoms in total. The summed E-state index contributed by atoms with van der Waals surface area (Å²) in [6, 6.07) is 12.1. The van der Waals surface area contributed by atoms with E-state index in [1.54, 1.807) is 18.0 Å². The van der Waals surface area contributed by atoms with E-state index in [-0.39, 0.29) is 5.25 Å². The number of rotatable bonds is 8. The van der Waals surface area contributed by atoms with E-state index in [0.29, 0.717) is 12.4 Å². The topological polar surface area (TPSA) is 82.8 Å². The van der Waals surface area contributed by atoms with Crippen LogP contribution in [0.3, 0.4) is 0 Å². The minimum Gasteiger partial charge on any atom is -0.467 e. The highest BCUT2D eigenvalue weighted by molar-refractivity contribution is 7.99. The second kappa shape index (κ2) is 8.65. The third-order valence-electron chi connectivity index (χ3n) is 4.47. The lowest BCUT2D eigenvalue weighted by Gasteiger charge is -2.11. The molecule has 0 N–H and O–H groups in total. The molecule has 3 aromatic heterocycles. The Balaban J connectivity index is 1.65. The first-order valence-electron chi connectivity index (χ1n) is 9.65. The zero-order chi connectivity index (χ0) is 20.2. The lowest BCUT2D eigenvalue weighted by Crippen LogP contribution is -2.04. The first-order valence-corrected chi connectivity index (χ1v) is 10.5. The predicted octanol–water partition coefficient (Wildman–Crippen LogP) is 5.08. The molecule has 0 saturated carbocycles. The highest BCUT2D eigenvalue weighted by Crippen LogP contribution is 2.35. The molecule has 0 aliphatic rings. The Morgan fingerprint density at radius 2 is 2.07 bits per heavy atom. The molecule has 3 heterocycles. The average Bonchev–Trinajstić information content (AvgIpc) is 3.45. The third-order valence-corrected chi connectivity index (χ3v) is 5.54. The van der Waals surface area contributed by atoms with Crippen molar-refractivity contribution in [3.63, 3.8) is 0 Å². The second-order valence-corrected chi connectivity index (χ2v) is 8.21. The van der Waals surface area contributed by atoms with Gasteiger partial charge in [-0.25, -0.2) is 0 Å². The fourth-order valence-corrected chi connectivity index (χ4v) is 3.92. The Hall–Kier alpha value is -2.87. The van der Waals surface area contributed by atoms with Crippen LogP contribution < -0.4 is 0 Å². The molecule has 0 saturated heterocycles. The van der Waals surface area contributed by atoms with Crippen molar-refractivity contribution in [2.75, 3.05) is 0 Å². The molecule has 0 radical (unpaired) electrons. The highest BCUT2D eigenvalue weighted by atomic mass is 32.2. The Morgan fingerprint density at radius 3 is 2.83 bits per heavy atom. The summed E-state index contributed by atoms with van der Waals surface area (Å²) in [5, 5.41) is 13.7. The van der Waals surface area contributed by atoms with Crippen molar-refractivity contribution >= 4 is 11.8 Å². The summed E-state index contributed by atoms with van der Waals surface area (Å²) in [4.78, 5) is 4.50. The van der Waals surface area contributed by atoms with Gasteiger partial charge < -0.3 is 8.94 Å². The molecule has 4 aromatic rings. The van der Waals surface area contributed by atoms with Crippen LogP contribution in [0.2, 0.25) is 0 Å². The predicted molar refractivity (Wildman–Crippen MR) is 111 cm³/mol. The molecule has 0 spiro atoms. The summed E-state index contributed by atoms with van der Waals surface area (Å²) in [5.74, 6) is 2.99. The zero-order valence-electron chi connectivity index (χ0n) is 16.7. The maximum Gasteiger partial charge on any atom is 0.239 e. The monoisotopic (exact) mass is 409 g/mol. The van der Waals surface area contributed by atoms with E-state index in [1.807, 2.05) is 31.2 Å². The molecule has 0 aliphatic heterocycles. The molecule has 150 valence electrons. The van der Waals surface area contributed by atoms with Gasteiger partial charge in [0.2, 0.25) is 5.89 Å². The second-order valence-electron chi connectivity index (χ2n) is 6.90. The number of hydrogen-bond donors (Lipinski definition) is 0. The summed E-state index contributed by atoms with van der Waals surface area (Å²) in [6.07, 6.45) is 3.47. The van der Waals surface area contributed by atoms with Crippen molar-refractivity contribution in [3.05, 3.63) is 65.7 Å². The van der Waals surface area contributed by atoms with Crippen molar-refractivity contribution < 1.29 is 8.94 Å². The molecule has 0 aliphatic carbocycles. The number of furan rings is 1. The molecule has 0 unspecified atom stereocenters. The van der Waals surface area contributed by atoms with Gasteiger partial charge in [0, 0.05) is 12.0 Å².